The molecule has 0 atom stereocenters. The summed E-state index contributed by atoms with van der Waals surface area (Å²) in [6.45, 7) is 0. The fourth-order valence-electron chi connectivity index (χ4n) is 1.27. The molecule has 0 spiro atoms. The number of benzene rings is 1. The van der Waals surface area contributed by atoms with Crippen molar-refractivity contribution < 1.29 is 18.3 Å². The number of aromatic nitrogens is 1. The van der Waals surface area contributed by atoms with E-state index in [4.69, 9.17) is 5.11 Å². The molecule has 0 saturated carbocycles. The Bertz CT molecular complexity index is 525. The van der Waals surface area contributed by atoms with Crippen LogP contribution in [0.25, 0.3) is 11.3 Å². The van der Waals surface area contributed by atoms with Crippen molar-refractivity contribution in [1.29, 1.82) is 0 Å². The molecule has 2 nitrogen and oxygen atoms in total. The van der Waals surface area contributed by atoms with Crippen molar-refractivity contribution in [2.24, 2.45) is 0 Å². The van der Waals surface area contributed by atoms with Crippen LogP contribution in [0.5, 0.6) is 5.75 Å². The lowest BCUT2D eigenvalue weighted by atomic mass is 10.1. The molecule has 2 aromatic rings. The molecule has 0 radical (unpaired) electrons. The highest BCUT2D eigenvalue weighted by atomic mass is 19.2. The lowest BCUT2D eigenvalue weighted by Gasteiger charge is -2.04. The minimum Gasteiger partial charge on any atom is -0.505 e. The Morgan fingerprint density at radius 1 is 0.938 bits per heavy atom. The van der Waals surface area contributed by atoms with E-state index in [-0.39, 0.29) is 11.3 Å². The van der Waals surface area contributed by atoms with Gasteiger partial charge in [0, 0.05) is 5.56 Å². The summed E-state index contributed by atoms with van der Waals surface area (Å²) in [5, 5.41) is 8.92. The molecular weight excluding hydrogens is 219 g/mol. The summed E-state index contributed by atoms with van der Waals surface area (Å²) in [6, 6.07) is 4.50. The first kappa shape index (κ1) is 10.5. The average Bonchev–Trinajstić information content (AvgIpc) is 2.28. The van der Waals surface area contributed by atoms with Gasteiger partial charge >= 0.3 is 0 Å². The van der Waals surface area contributed by atoms with Crippen LogP contribution in [0.1, 0.15) is 0 Å². The van der Waals surface area contributed by atoms with Gasteiger partial charge in [0.2, 0.25) is 5.82 Å². The monoisotopic (exact) mass is 225 g/mol. The number of hydrogen-bond donors (Lipinski definition) is 1. The van der Waals surface area contributed by atoms with Gasteiger partial charge in [-0.15, -0.1) is 0 Å². The van der Waals surface area contributed by atoms with Crippen molar-refractivity contribution >= 4 is 0 Å². The van der Waals surface area contributed by atoms with Gasteiger partial charge in [-0.25, -0.2) is 8.78 Å². The van der Waals surface area contributed by atoms with Gasteiger partial charge in [0.25, 0.3) is 0 Å². The van der Waals surface area contributed by atoms with Crippen LogP contribution in [0.2, 0.25) is 0 Å². The SMILES string of the molecule is Oc1ccc(-c2ccc(F)cn2)c(F)c1F. The standard InChI is InChI=1S/C11H6F3NO/c12-6-1-3-8(15-5-6)7-2-4-9(16)11(14)10(7)13/h1-5,16H. The van der Waals surface area contributed by atoms with Gasteiger partial charge in [0.05, 0.1) is 11.9 Å². The third-order valence-corrected chi connectivity index (χ3v) is 2.07. The van der Waals surface area contributed by atoms with Gasteiger partial charge in [0.1, 0.15) is 5.82 Å². The maximum Gasteiger partial charge on any atom is 0.201 e. The second-order valence-electron chi connectivity index (χ2n) is 3.12. The molecule has 0 unspecified atom stereocenters. The van der Waals surface area contributed by atoms with Crippen molar-refractivity contribution in [1.82, 2.24) is 4.98 Å². The van der Waals surface area contributed by atoms with Gasteiger partial charge < -0.3 is 5.11 Å². The van der Waals surface area contributed by atoms with E-state index in [1.807, 2.05) is 0 Å². The van der Waals surface area contributed by atoms with Crippen molar-refractivity contribution in [2.75, 3.05) is 0 Å². The maximum atomic E-state index is 13.4. The zero-order valence-electron chi connectivity index (χ0n) is 7.92. The predicted molar refractivity (Wildman–Crippen MR) is 51.2 cm³/mol. The van der Waals surface area contributed by atoms with Gasteiger partial charge in [-0.3, -0.25) is 4.98 Å². The third kappa shape index (κ3) is 1.71. The summed E-state index contributed by atoms with van der Waals surface area (Å²) >= 11 is 0. The van der Waals surface area contributed by atoms with Crippen LogP contribution in [-0.2, 0) is 0 Å². The van der Waals surface area contributed by atoms with E-state index in [1.54, 1.807) is 0 Å². The molecule has 5 heteroatoms. The summed E-state index contributed by atoms with van der Waals surface area (Å²) in [5.41, 5.74) is -0.0342. The zero-order valence-corrected chi connectivity index (χ0v) is 7.92. The minimum atomic E-state index is -1.34. The van der Waals surface area contributed by atoms with Crippen LogP contribution in [-0.4, -0.2) is 10.1 Å². The highest BCUT2D eigenvalue weighted by Crippen LogP contribution is 2.27. The fourth-order valence-corrected chi connectivity index (χ4v) is 1.27. The quantitative estimate of drug-likeness (QED) is 0.809. The summed E-state index contributed by atoms with van der Waals surface area (Å²) < 4.78 is 39.0. The highest BCUT2D eigenvalue weighted by Gasteiger charge is 2.14. The Kier molecular flexibility index (Phi) is 2.52. The van der Waals surface area contributed by atoms with E-state index in [2.05, 4.69) is 4.98 Å². The number of phenols is 1. The molecule has 0 saturated heterocycles. The molecule has 0 fully saturated rings. The third-order valence-electron chi connectivity index (χ3n) is 2.07. The molecule has 0 aliphatic rings. The number of rotatable bonds is 1. The lowest BCUT2D eigenvalue weighted by molar-refractivity contribution is 0.408. The van der Waals surface area contributed by atoms with Crippen molar-refractivity contribution in [3.63, 3.8) is 0 Å². The molecule has 0 amide bonds. The number of nitrogens with zero attached hydrogens (tertiary/aromatic N) is 1. The van der Waals surface area contributed by atoms with Crippen LogP contribution in [0, 0.1) is 17.5 Å². The first-order valence-corrected chi connectivity index (χ1v) is 4.38. The van der Waals surface area contributed by atoms with Crippen LogP contribution in [0.15, 0.2) is 30.5 Å². The second kappa shape index (κ2) is 3.84. The van der Waals surface area contributed by atoms with Gasteiger partial charge in [-0.2, -0.15) is 4.39 Å². The topological polar surface area (TPSA) is 33.1 Å². The molecule has 0 bridgehead atoms. The predicted octanol–water partition coefficient (Wildman–Crippen LogP) is 2.87. The molecule has 1 N–H and O–H groups in total. The van der Waals surface area contributed by atoms with Crippen LogP contribution >= 0.6 is 0 Å². The molecule has 16 heavy (non-hydrogen) atoms. The van der Waals surface area contributed by atoms with E-state index < -0.39 is 23.2 Å². The van der Waals surface area contributed by atoms with E-state index in [9.17, 15) is 13.2 Å². The summed E-state index contributed by atoms with van der Waals surface area (Å²) in [6.07, 6.45) is 0.902. The van der Waals surface area contributed by atoms with Gasteiger partial charge in [-0.1, -0.05) is 0 Å². The highest BCUT2D eigenvalue weighted by molar-refractivity contribution is 5.61. The van der Waals surface area contributed by atoms with Crippen molar-refractivity contribution in [2.45, 2.75) is 0 Å². The number of halogens is 3. The first-order chi connectivity index (χ1) is 7.59. The minimum absolute atomic E-state index is 0.0952. The number of pyridine rings is 1. The molecule has 1 aromatic carbocycles. The summed E-state index contributed by atoms with van der Waals surface area (Å²) in [7, 11) is 0. The Hall–Kier alpha value is -2.04. The second-order valence-corrected chi connectivity index (χ2v) is 3.12. The lowest BCUT2D eigenvalue weighted by Crippen LogP contribution is -1.92. The Labute approximate surface area is 89.0 Å². The molecule has 0 aliphatic carbocycles. The first-order valence-electron chi connectivity index (χ1n) is 4.38. The molecule has 82 valence electrons. The zero-order chi connectivity index (χ0) is 11.7. The van der Waals surface area contributed by atoms with E-state index in [0.717, 1.165) is 18.3 Å². The van der Waals surface area contributed by atoms with Crippen LogP contribution < -0.4 is 0 Å². The summed E-state index contributed by atoms with van der Waals surface area (Å²) in [5.74, 6) is -3.89. The van der Waals surface area contributed by atoms with E-state index in [1.165, 1.54) is 12.1 Å². The van der Waals surface area contributed by atoms with Gasteiger partial charge in [0.15, 0.2) is 11.6 Å². The molecule has 0 aliphatic heterocycles. The molecule has 1 heterocycles. The Morgan fingerprint density at radius 2 is 1.69 bits per heavy atom. The van der Waals surface area contributed by atoms with Crippen LogP contribution in [0.4, 0.5) is 13.2 Å². The van der Waals surface area contributed by atoms with Crippen molar-refractivity contribution in [3.8, 4) is 17.0 Å². The Morgan fingerprint density at radius 3 is 2.31 bits per heavy atom. The van der Waals surface area contributed by atoms with E-state index in [0.29, 0.717) is 0 Å². The van der Waals surface area contributed by atoms with E-state index >= 15 is 0 Å². The molecule has 2 rings (SSSR count). The van der Waals surface area contributed by atoms with Gasteiger partial charge in [-0.05, 0) is 24.3 Å². The number of hydrogen-bond acceptors (Lipinski definition) is 2. The Balaban J connectivity index is 2.57. The maximum absolute atomic E-state index is 13.4. The number of aromatic hydroxyl groups is 1. The molecular formula is C11H6F3NO. The smallest absolute Gasteiger partial charge is 0.201 e. The normalized spacial score (nSPS) is 10.4. The largest absolute Gasteiger partial charge is 0.505 e. The van der Waals surface area contributed by atoms with Crippen LogP contribution in [0.3, 0.4) is 0 Å². The summed E-state index contributed by atoms with van der Waals surface area (Å²) in [4.78, 5) is 3.62. The van der Waals surface area contributed by atoms with Crippen molar-refractivity contribution in [3.05, 3.63) is 47.9 Å². The average molecular weight is 225 g/mol. The molecule has 1 aromatic heterocycles. The number of phenolic OH excluding ortho intramolecular Hbond substituents is 1. The fraction of sp³-hybridized carbons (Fsp3) is 0.